The Morgan fingerprint density at radius 1 is 1.15 bits per heavy atom. The van der Waals surface area contributed by atoms with Crippen molar-refractivity contribution in [1.82, 2.24) is 9.88 Å². The van der Waals surface area contributed by atoms with Crippen molar-refractivity contribution in [2.24, 2.45) is 0 Å². The van der Waals surface area contributed by atoms with Gasteiger partial charge in [0.1, 0.15) is 0 Å². The van der Waals surface area contributed by atoms with E-state index in [2.05, 4.69) is 10.3 Å². The van der Waals surface area contributed by atoms with Gasteiger partial charge in [-0.25, -0.2) is 4.98 Å². The van der Waals surface area contributed by atoms with Gasteiger partial charge in [-0.1, -0.05) is 11.6 Å². The summed E-state index contributed by atoms with van der Waals surface area (Å²) in [6, 6.07) is 8.11. The summed E-state index contributed by atoms with van der Waals surface area (Å²) < 4.78 is 0.668. The number of amides is 3. The summed E-state index contributed by atoms with van der Waals surface area (Å²) in [7, 11) is 1.42. The fourth-order valence-electron chi connectivity index (χ4n) is 2.57. The summed E-state index contributed by atoms with van der Waals surface area (Å²) in [4.78, 5) is 42.7. The number of nitrogens with zero attached hydrogens (tertiary/aromatic N) is 2. The Morgan fingerprint density at radius 2 is 1.92 bits per heavy atom. The Hall–Kier alpha value is -2.55. The van der Waals surface area contributed by atoms with E-state index in [1.807, 2.05) is 11.4 Å². The molecule has 9 heteroatoms. The van der Waals surface area contributed by atoms with Gasteiger partial charge >= 0.3 is 0 Å². The minimum Gasteiger partial charge on any atom is -0.298 e. The van der Waals surface area contributed by atoms with Crippen molar-refractivity contribution < 1.29 is 14.4 Å². The lowest BCUT2D eigenvalue weighted by molar-refractivity contribution is 0.0693. The van der Waals surface area contributed by atoms with E-state index in [9.17, 15) is 14.4 Å². The minimum absolute atomic E-state index is 0.234. The smallest absolute Gasteiger partial charge is 0.261 e. The molecule has 26 heavy (non-hydrogen) atoms. The van der Waals surface area contributed by atoms with E-state index in [0.29, 0.717) is 15.0 Å². The number of halogens is 1. The van der Waals surface area contributed by atoms with Gasteiger partial charge in [0, 0.05) is 18.0 Å². The van der Waals surface area contributed by atoms with Gasteiger partial charge in [0.2, 0.25) is 0 Å². The number of rotatable bonds is 3. The lowest BCUT2D eigenvalue weighted by Gasteiger charge is -2.03. The summed E-state index contributed by atoms with van der Waals surface area (Å²) >= 11 is 8.63. The van der Waals surface area contributed by atoms with Crippen LogP contribution in [0.2, 0.25) is 4.34 Å². The molecule has 2 aromatic heterocycles. The van der Waals surface area contributed by atoms with Gasteiger partial charge in [-0.2, -0.15) is 0 Å². The number of imide groups is 1. The van der Waals surface area contributed by atoms with Crippen molar-refractivity contribution in [2.75, 3.05) is 12.4 Å². The monoisotopic (exact) mass is 403 g/mol. The number of benzene rings is 1. The van der Waals surface area contributed by atoms with Crippen LogP contribution in [0.4, 0.5) is 5.13 Å². The van der Waals surface area contributed by atoms with Crippen molar-refractivity contribution in [3.8, 4) is 10.6 Å². The summed E-state index contributed by atoms with van der Waals surface area (Å²) in [6.45, 7) is 0. The highest BCUT2D eigenvalue weighted by Gasteiger charge is 2.33. The molecule has 1 aliphatic heterocycles. The van der Waals surface area contributed by atoms with Crippen LogP contribution in [0.1, 0.15) is 31.1 Å². The van der Waals surface area contributed by atoms with Gasteiger partial charge < -0.3 is 0 Å². The SMILES string of the molecule is CN1C(=O)c2ccc(C(=O)Nc3nc(-c4ccc(Cl)s4)cs3)cc2C1=O. The molecule has 130 valence electrons. The van der Waals surface area contributed by atoms with Crippen LogP contribution < -0.4 is 5.32 Å². The maximum Gasteiger partial charge on any atom is 0.261 e. The molecule has 0 unspecified atom stereocenters. The molecule has 4 rings (SSSR count). The lowest BCUT2D eigenvalue weighted by atomic mass is 10.1. The molecule has 1 aliphatic rings. The molecule has 6 nitrogen and oxygen atoms in total. The van der Waals surface area contributed by atoms with Crippen LogP contribution in [0.5, 0.6) is 0 Å². The molecular formula is C17H10ClN3O3S2. The highest BCUT2D eigenvalue weighted by Crippen LogP contribution is 2.33. The van der Waals surface area contributed by atoms with Crippen LogP contribution >= 0.6 is 34.3 Å². The highest BCUT2D eigenvalue weighted by molar-refractivity contribution is 7.20. The van der Waals surface area contributed by atoms with Crippen LogP contribution in [0, 0.1) is 0 Å². The van der Waals surface area contributed by atoms with Gasteiger partial charge in [-0.3, -0.25) is 24.6 Å². The van der Waals surface area contributed by atoms with Crippen LogP contribution in [0.3, 0.4) is 0 Å². The molecule has 3 aromatic rings. The predicted molar refractivity (Wildman–Crippen MR) is 101 cm³/mol. The zero-order valence-electron chi connectivity index (χ0n) is 13.3. The van der Waals surface area contributed by atoms with Gasteiger partial charge in [-0.15, -0.1) is 22.7 Å². The van der Waals surface area contributed by atoms with Crippen LogP contribution in [0.25, 0.3) is 10.6 Å². The first-order chi connectivity index (χ1) is 12.4. The Balaban J connectivity index is 1.56. The highest BCUT2D eigenvalue weighted by atomic mass is 35.5. The second-order valence-corrected chi connectivity index (χ2v) is 8.10. The Kier molecular flexibility index (Phi) is 4.10. The van der Waals surface area contributed by atoms with Crippen molar-refractivity contribution >= 4 is 57.1 Å². The van der Waals surface area contributed by atoms with Crippen molar-refractivity contribution in [1.29, 1.82) is 0 Å². The quantitative estimate of drug-likeness (QED) is 0.670. The molecule has 3 amide bonds. The van der Waals surface area contributed by atoms with E-state index in [1.54, 1.807) is 6.07 Å². The third kappa shape index (κ3) is 2.82. The Labute approximate surface area is 161 Å². The van der Waals surface area contributed by atoms with Crippen molar-refractivity contribution in [2.45, 2.75) is 0 Å². The standard InChI is InChI=1S/C17H10ClN3O3S2/c1-21-15(23)9-3-2-8(6-10(9)16(21)24)14(22)20-17-19-11(7-25-17)12-4-5-13(18)26-12/h2-7H,1H3,(H,19,20,22). The van der Waals surface area contributed by atoms with Crippen LogP contribution in [-0.2, 0) is 0 Å². The van der Waals surface area contributed by atoms with E-state index in [1.165, 1.54) is 47.9 Å². The fraction of sp³-hybridized carbons (Fsp3) is 0.0588. The van der Waals surface area contributed by atoms with E-state index >= 15 is 0 Å². The minimum atomic E-state index is -0.411. The lowest BCUT2D eigenvalue weighted by Crippen LogP contribution is -2.24. The summed E-state index contributed by atoms with van der Waals surface area (Å²) in [5.41, 5.74) is 1.56. The van der Waals surface area contributed by atoms with Crippen molar-refractivity contribution in [3.63, 3.8) is 0 Å². The fourth-order valence-corrected chi connectivity index (χ4v) is 4.35. The molecule has 1 N–H and O–H groups in total. The number of carbonyl (C=O) groups excluding carboxylic acids is 3. The second kappa shape index (κ2) is 6.31. The van der Waals surface area contributed by atoms with E-state index < -0.39 is 11.8 Å². The van der Waals surface area contributed by atoms with E-state index in [-0.39, 0.29) is 17.0 Å². The number of hydrogen-bond acceptors (Lipinski definition) is 6. The molecule has 1 aromatic carbocycles. The van der Waals surface area contributed by atoms with E-state index in [4.69, 9.17) is 11.6 Å². The molecule has 0 spiro atoms. The van der Waals surface area contributed by atoms with Gasteiger partial charge in [0.15, 0.2) is 5.13 Å². The molecule has 0 saturated heterocycles. The number of nitrogens with one attached hydrogen (secondary N) is 1. The molecule has 0 atom stereocenters. The van der Waals surface area contributed by atoms with Crippen LogP contribution in [-0.4, -0.2) is 34.7 Å². The number of hydrogen-bond donors (Lipinski definition) is 1. The van der Waals surface area contributed by atoms with Gasteiger partial charge in [0.05, 0.1) is 26.0 Å². The van der Waals surface area contributed by atoms with Gasteiger partial charge in [0.25, 0.3) is 17.7 Å². The summed E-state index contributed by atoms with van der Waals surface area (Å²) in [5, 5.41) is 4.98. The van der Waals surface area contributed by atoms with Crippen LogP contribution in [0.15, 0.2) is 35.7 Å². The molecule has 3 heterocycles. The zero-order chi connectivity index (χ0) is 18.4. The number of aromatic nitrogens is 1. The first-order valence-corrected chi connectivity index (χ1v) is 9.50. The average Bonchev–Trinajstić information content (AvgIpc) is 3.32. The molecular weight excluding hydrogens is 394 g/mol. The third-order valence-corrected chi connectivity index (χ3v) is 5.91. The number of thiophene rings is 1. The first kappa shape index (κ1) is 16.9. The zero-order valence-corrected chi connectivity index (χ0v) is 15.7. The van der Waals surface area contributed by atoms with E-state index in [0.717, 1.165) is 15.5 Å². The Bertz CT molecular complexity index is 1070. The van der Waals surface area contributed by atoms with Gasteiger partial charge in [-0.05, 0) is 30.3 Å². The number of anilines is 1. The van der Waals surface area contributed by atoms with Crippen molar-refractivity contribution in [3.05, 3.63) is 56.7 Å². The maximum absolute atomic E-state index is 12.5. The molecule has 0 bridgehead atoms. The second-order valence-electron chi connectivity index (χ2n) is 5.53. The summed E-state index contributed by atoms with van der Waals surface area (Å²) in [6.07, 6.45) is 0. The molecule has 0 fully saturated rings. The third-order valence-electron chi connectivity index (χ3n) is 3.90. The number of carbonyl (C=O) groups is 3. The number of fused-ring (bicyclic) bond motifs is 1. The predicted octanol–water partition coefficient (Wildman–Crippen LogP) is 4.00. The molecule has 0 aliphatic carbocycles. The maximum atomic E-state index is 12.5. The summed E-state index contributed by atoms with van der Waals surface area (Å²) in [5.74, 6) is -1.17. The average molecular weight is 404 g/mol. The Morgan fingerprint density at radius 3 is 2.65 bits per heavy atom. The molecule has 0 radical (unpaired) electrons. The normalized spacial score (nSPS) is 13.2. The topological polar surface area (TPSA) is 79.4 Å². The molecule has 0 saturated carbocycles. The first-order valence-electron chi connectivity index (χ1n) is 7.43. The largest absolute Gasteiger partial charge is 0.298 e. The number of thiazole rings is 1.